The van der Waals surface area contributed by atoms with Crippen molar-refractivity contribution in [1.29, 1.82) is 0 Å². The van der Waals surface area contributed by atoms with Crippen LogP contribution in [0.3, 0.4) is 0 Å². The molecule has 0 atom stereocenters. The third kappa shape index (κ3) is 2.33. The zero-order valence-corrected chi connectivity index (χ0v) is 8.90. The van der Waals surface area contributed by atoms with E-state index in [-0.39, 0.29) is 12.2 Å². The quantitative estimate of drug-likeness (QED) is 0.815. The Morgan fingerprint density at radius 3 is 2.69 bits per heavy atom. The van der Waals surface area contributed by atoms with E-state index < -0.39 is 5.97 Å². The molecule has 0 unspecified atom stereocenters. The summed E-state index contributed by atoms with van der Waals surface area (Å²) in [6, 6.07) is 3.64. The second-order valence-electron chi connectivity index (χ2n) is 3.99. The summed E-state index contributed by atoms with van der Waals surface area (Å²) in [5.74, 6) is -0.557. The molecule has 0 bridgehead atoms. The van der Waals surface area contributed by atoms with Gasteiger partial charge in [0.1, 0.15) is 5.75 Å². The van der Waals surface area contributed by atoms with Crippen molar-refractivity contribution in [2.24, 2.45) is 0 Å². The highest BCUT2D eigenvalue weighted by Crippen LogP contribution is 2.28. The van der Waals surface area contributed by atoms with Crippen LogP contribution in [-0.4, -0.2) is 16.2 Å². The molecule has 0 saturated heterocycles. The summed E-state index contributed by atoms with van der Waals surface area (Å²) >= 11 is 0. The van der Waals surface area contributed by atoms with Gasteiger partial charge in [-0.1, -0.05) is 0 Å². The lowest BCUT2D eigenvalue weighted by Crippen LogP contribution is -1.97. The standard InChI is InChI=1S/C12H14O4/c13-11-5-10-7-16-6-9(10)4-8(11)2-1-3-12(14)15/h4-5,13H,1-3,6-7H2,(H,14,15). The normalized spacial score (nSPS) is 13.8. The fraction of sp³-hybridized carbons (Fsp3) is 0.417. The third-order valence-electron chi connectivity index (χ3n) is 2.75. The number of fused-ring (bicyclic) bond motifs is 1. The molecule has 16 heavy (non-hydrogen) atoms. The van der Waals surface area contributed by atoms with Crippen LogP contribution in [0, 0.1) is 0 Å². The van der Waals surface area contributed by atoms with Gasteiger partial charge in [0.15, 0.2) is 0 Å². The smallest absolute Gasteiger partial charge is 0.303 e. The summed E-state index contributed by atoms with van der Waals surface area (Å²) in [5.41, 5.74) is 2.94. The summed E-state index contributed by atoms with van der Waals surface area (Å²) in [6.07, 6.45) is 1.26. The first kappa shape index (κ1) is 11.0. The SMILES string of the molecule is O=C(O)CCCc1cc2c(cc1O)COC2. The second kappa shape index (κ2) is 4.53. The fourth-order valence-corrected chi connectivity index (χ4v) is 1.90. The van der Waals surface area contributed by atoms with E-state index in [2.05, 4.69) is 0 Å². The second-order valence-corrected chi connectivity index (χ2v) is 3.99. The maximum absolute atomic E-state index is 10.4. The van der Waals surface area contributed by atoms with Crippen molar-refractivity contribution in [2.75, 3.05) is 0 Å². The molecule has 2 rings (SSSR count). The molecule has 1 aromatic carbocycles. The Kier molecular flexibility index (Phi) is 3.10. The van der Waals surface area contributed by atoms with E-state index in [0.717, 1.165) is 16.7 Å². The van der Waals surface area contributed by atoms with E-state index >= 15 is 0 Å². The topological polar surface area (TPSA) is 66.8 Å². The molecule has 1 aliphatic rings. The molecule has 86 valence electrons. The van der Waals surface area contributed by atoms with Crippen molar-refractivity contribution in [3.8, 4) is 5.75 Å². The van der Waals surface area contributed by atoms with Gasteiger partial charge in [0.05, 0.1) is 13.2 Å². The van der Waals surface area contributed by atoms with Gasteiger partial charge in [-0.3, -0.25) is 4.79 Å². The minimum absolute atomic E-state index is 0.132. The first-order valence-electron chi connectivity index (χ1n) is 5.30. The van der Waals surface area contributed by atoms with Gasteiger partial charge in [-0.15, -0.1) is 0 Å². The predicted molar refractivity (Wildman–Crippen MR) is 57.2 cm³/mol. The molecule has 0 amide bonds. The van der Waals surface area contributed by atoms with E-state index in [0.29, 0.717) is 26.1 Å². The summed E-state index contributed by atoms with van der Waals surface area (Å²) in [6.45, 7) is 1.14. The number of aliphatic carboxylic acids is 1. The van der Waals surface area contributed by atoms with E-state index in [1.807, 2.05) is 6.07 Å². The number of aromatic hydroxyl groups is 1. The van der Waals surface area contributed by atoms with Gasteiger partial charge in [-0.05, 0) is 41.7 Å². The van der Waals surface area contributed by atoms with Crippen LogP contribution in [0.25, 0.3) is 0 Å². The van der Waals surface area contributed by atoms with Gasteiger partial charge < -0.3 is 14.9 Å². The average Bonchev–Trinajstić information content (AvgIpc) is 2.64. The van der Waals surface area contributed by atoms with Crippen LogP contribution in [0.5, 0.6) is 5.75 Å². The number of phenolic OH excluding ortho intramolecular Hbond substituents is 1. The van der Waals surface area contributed by atoms with E-state index in [1.54, 1.807) is 6.07 Å². The highest BCUT2D eigenvalue weighted by atomic mass is 16.5. The Hall–Kier alpha value is -1.55. The first-order chi connectivity index (χ1) is 7.66. The Morgan fingerprint density at radius 1 is 1.31 bits per heavy atom. The molecule has 1 heterocycles. The molecule has 1 aliphatic heterocycles. The minimum Gasteiger partial charge on any atom is -0.508 e. The summed E-state index contributed by atoms with van der Waals surface area (Å²) in [7, 11) is 0. The Bertz CT molecular complexity index is 412. The number of carbonyl (C=O) groups is 1. The van der Waals surface area contributed by atoms with Crippen LogP contribution in [0.2, 0.25) is 0 Å². The zero-order chi connectivity index (χ0) is 11.5. The first-order valence-corrected chi connectivity index (χ1v) is 5.30. The molecule has 0 aliphatic carbocycles. The van der Waals surface area contributed by atoms with E-state index in [4.69, 9.17) is 9.84 Å². The number of carboxylic acid groups (broad SMARTS) is 1. The van der Waals surface area contributed by atoms with E-state index in [9.17, 15) is 9.90 Å². The van der Waals surface area contributed by atoms with Crippen LogP contribution in [0.1, 0.15) is 29.5 Å². The monoisotopic (exact) mass is 222 g/mol. The van der Waals surface area contributed by atoms with E-state index in [1.165, 1.54) is 0 Å². The molecule has 0 saturated carbocycles. The lowest BCUT2D eigenvalue weighted by molar-refractivity contribution is -0.137. The number of phenols is 1. The van der Waals surface area contributed by atoms with Crippen molar-refractivity contribution in [3.05, 3.63) is 28.8 Å². The van der Waals surface area contributed by atoms with Crippen LogP contribution >= 0.6 is 0 Å². The number of rotatable bonds is 4. The van der Waals surface area contributed by atoms with Crippen molar-refractivity contribution in [3.63, 3.8) is 0 Å². The van der Waals surface area contributed by atoms with Gasteiger partial charge in [-0.2, -0.15) is 0 Å². The number of aryl methyl sites for hydroxylation is 1. The van der Waals surface area contributed by atoms with Crippen LogP contribution in [0.15, 0.2) is 12.1 Å². The number of hydrogen-bond donors (Lipinski definition) is 2. The Labute approximate surface area is 93.5 Å². The molecule has 0 radical (unpaired) electrons. The third-order valence-corrected chi connectivity index (χ3v) is 2.75. The van der Waals surface area contributed by atoms with Crippen molar-refractivity contribution < 1.29 is 19.7 Å². The number of hydrogen-bond acceptors (Lipinski definition) is 3. The van der Waals surface area contributed by atoms with Gasteiger partial charge in [-0.25, -0.2) is 0 Å². The average molecular weight is 222 g/mol. The number of ether oxygens (including phenoxy) is 1. The molecule has 1 aromatic rings. The molecule has 2 N–H and O–H groups in total. The maximum Gasteiger partial charge on any atom is 0.303 e. The molecule has 4 nitrogen and oxygen atoms in total. The molecule has 0 spiro atoms. The molecule has 4 heteroatoms. The van der Waals surface area contributed by atoms with Crippen LogP contribution in [-0.2, 0) is 29.2 Å². The van der Waals surface area contributed by atoms with Crippen molar-refractivity contribution in [1.82, 2.24) is 0 Å². The van der Waals surface area contributed by atoms with Crippen LogP contribution in [0.4, 0.5) is 0 Å². The summed E-state index contributed by atoms with van der Waals surface area (Å²) < 4.78 is 5.26. The minimum atomic E-state index is -0.802. The van der Waals surface area contributed by atoms with Gasteiger partial charge >= 0.3 is 5.97 Å². The molecule has 0 aromatic heterocycles. The molecule has 0 fully saturated rings. The highest BCUT2D eigenvalue weighted by molar-refractivity contribution is 5.66. The van der Waals surface area contributed by atoms with Crippen molar-refractivity contribution >= 4 is 5.97 Å². The molecular weight excluding hydrogens is 208 g/mol. The Balaban J connectivity index is 2.06. The molecular formula is C12H14O4. The van der Waals surface area contributed by atoms with Gasteiger partial charge in [0.2, 0.25) is 0 Å². The van der Waals surface area contributed by atoms with Crippen LogP contribution < -0.4 is 0 Å². The summed E-state index contributed by atoms with van der Waals surface area (Å²) in [4.78, 5) is 10.4. The van der Waals surface area contributed by atoms with Gasteiger partial charge in [0, 0.05) is 6.42 Å². The highest BCUT2D eigenvalue weighted by Gasteiger charge is 2.14. The number of benzene rings is 1. The lowest BCUT2D eigenvalue weighted by Gasteiger charge is -2.06. The fourth-order valence-electron chi connectivity index (χ4n) is 1.90. The summed E-state index contributed by atoms with van der Waals surface area (Å²) in [5, 5.41) is 18.3. The maximum atomic E-state index is 10.4. The number of carboxylic acids is 1. The lowest BCUT2D eigenvalue weighted by atomic mass is 10.0. The largest absolute Gasteiger partial charge is 0.508 e. The predicted octanol–water partition coefficient (Wildman–Crippen LogP) is 1.83. The zero-order valence-electron chi connectivity index (χ0n) is 8.90. The van der Waals surface area contributed by atoms with Gasteiger partial charge in [0.25, 0.3) is 0 Å². The Morgan fingerprint density at radius 2 is 2.00 bits per heavy atom. The van der Waals surface area contributed by atoms with Crippen molar-refractivity contribution in [2.45, 2.75) is 32.5 Å².